The van der Waals surface area contributed by atoms with Gasteiger partial charge in [0.15, 0.2) is 5.65 Å². The molecule has 2 aromatic heterocycles. The van der Waals surface area contributed by atoms with Crippen LogP contribution in [0.15, 0.2) is 71.6 Å². The molecule has 0 radical (unpaired) electrons. The summed E-state index contributed by atoms with van der Waals surface area (Å²) in [5.41, 5.74) is 4.37. The second kappa shape index (κ2) is 8.78. The van der Waals surface area contributed by atoms with E-state index in [1.807, 2.05) is 0 Å². The Bertz CT molecular complexity index is 1080. The summed E-state index contributed by atoms with van der Waals surface area (Å²) in [6, 6.07) is 18.9. The van der Waals surface area contributed by atoms with Gasteiger partial charge >= 0.3 is 0 Å². The van der Waals surface area contributed by atoms with E-state index in [9.17, 15) is 0 Å². The minimum Gasteiger partial charge on any atom is -0.356 e. The van der Waals surface area contributed by atoms with Gasteiger partial charge in [-0.05, 0) is 42.7 Å². The van der Waals surface area contributed by atoms with Crippen molar-refractivity contribution in [1.29, 1.82) is 0 Å². The van der Waals surface area contributed by atoms with E-state index in [-0.39, 0.29) is 0 Å². The van der Waals surface area contributed by atoms with Crippen LogP contribution in [0.25, 0.3) is 27.8 Å². The van der Waals surface area contributed by atoms with Crippen molar-refractivity contribution in [3.8, 4) is 16.8 Å². The van der Waals surface area contributed by atoms with Gasteiger partial charge in [0.1, 0.15) is 12.1 Å². The van der Waals surface area contributed by atoms with Crippen molar-refractivity contribution in [3.05, 3.63) is 71.6 Å². The molecule has 0 aliphatic carbocycles. The van der Waals surface area contributed by atoms with Gasteiger partial charge in [0.05, 0.1) is 5.39 Å². The molecule has 4 aromatic rings. The number of anilines is 1. The van der Waals surface area contributed by atoms with Gasteiger partial charge < -0.3 is 9.47 Å². The summed E-state index contributed by atoms with van der Waals surface area (Å²) in [6.07, 6.45) is 6.05. The molecule has 0 saturated carbocycles. The van der Waals surface area contributed by atoms with Gasteiger partial charge in [0.2, 0.25) is 0 Å². The lowest BCUT2D eigenvalue weighted by Crippen LogP contribution is -2.26. The number of aromatic nitrogens is 3. The van der Waals surface area contributed by atoms with Crippen LogP contribution in [-0.4, -0.2) is 27.6 Å². The highest BCUT2D eigenvalue weighted by Crippen LogP contribution is 2.37. The summed E-state index contributed by atoms with van der Waals surface area (Å²) in [5.74, 6) is 1.02. The molecule has 0 N–H and O–H groups in total. The Hall–Kier alpha value is -2.66. The van der Waals surface area contributed by atoms with Crippen molar-refractivity contribution in [2.24, 2.45) is 0 Å². The molecule has 0 aliphatic heterocycles. The predicted molar refractivity (Wildman–Crippen MR) is 125 cm³/mol. The van der Waals surface area contributed by atoms with Gasteiger partial charge in [-0.1, -0.05) is 60.1 Å². The van der Waals surface area contributed by atoms with Crippen LogP contribution in [-0.2, 0) is 0 Å². The molecule has 4 nitrogen and oxygen atoms in total. The maximum Gasteiger partial charge on any atom is 0.150 e. The van der Waals surface area contributed by atoms with Gasteiger partial charge in [0, 0.05) is 35.0 Å². The maximum absolute atomic E-state index is 4.75. The molecular weight excluding hydrogens is 424 g/mol. The van der Waals surface area contributed by atoms with Crippen LogP contribution in [0.4, 0.5) is 5.82 Å². The number of benzene rings is 2. The highest BCUT2D eigenvalue weighted by atomic mass is 79.9. The summed E-state index contributed by atoms with van der Waals surface area (Å²) in [7, 11) is 0. The number of rotatable bonds is 7. The fraction of sp³-hybridized carbons (Fsp3) is 0.250. The minimum absolute atomic E-state index is 0.938. The molecule has 0 amide bonds. The van der Waals surface area contributed by atoms with E-state index in [1.165, 1.54) is 5.56 Å². The Labute approximate surface area is 180 Å². The molecule has 148 valence electrons. The van der Waals surface area contributed by atoms with Gasteiger partial charge in [-0.25, -0.2) is 9.97 Å². The fourth-order valence-electron chi connectivity index (χ4n) is 3.78. The van der Waals surface area contributed by atoms with E-state index in [0.29, 0.717) is 0 Å². The summed E-state index contributed by atoms with van der Waals surface area (Å²) >= 11 is 3.53. The number of hydrogen-bond donors (Lipinski definition) is 0. The van der Waals surface area contributed by atoms with E-state index in [0.717, 1.165) is 58.5 Å². The first-order valence-corrected chi connectivity index (χ1v) is 10.9. The quantitative estimate of drug-likeness (QED) is 0.324. The van der Waals surface area contributed by atoms with E-state index in [1.54, 1.807) is 6.33 Å². The zero-order valence-electron chi connectivity index (χ0n) is 16.8. The predicted octanol–water partition coefficient (Wildman–Crippen LogP) is 6.48. The Morgan fingerprint density at radius 2 is 1.59 bits per heavy atom. The summed E-state index contributed by atoms with van der Waals surface area (Å²) in [5, 5.41) is 1.11. The third kappa shape index (κ3) is 3.92. The summed E-state index contributed by atoms with van der Waals surface area (Å²) in [4.78, 5) is 11.8. The molecule has 0 spiro atoms. The molecule has 0 atom stereocenters. The third-order valence-corrected chi connectivity index (χ3v) is 5.57. The first-order chi connectivity index (χ1) is 14.2. The van der Waals surface area contributed by atoms with Crippen molar-refractivity contribution in [2.45, 2.75) is 26.7 Å². The van der Waals surface area contributed by atoms with Crippen molar-refractivity contribution < 1.29 is 0 Å². The molecule has 29 heavy (non-hydrogen) atoms. The lowest BCUT2D eigenvalue weighted by molar-refractivity contribution is 0.736. The van der Waals surface area contributed by atoms with Crippen molar-refractivity contribution in [2.75, 3.05) is 18.0 Å². The molecule has 4 rings (SSSR count). The Kier molecular flexibility index (Phi) is 5.95. The second-order valence-electron chi connectivity index (χ2n) is 7.14. The average molecular weight is 449 g/mol. The molecule has 0 aliphatic rings. The highest BCUT2D eigenvalue weighted by molar-refractivity contribution is 9.10. The van der Waals surface area contributed by atoms with E-state index in [4.69, 9.17) is 9.97 Å². The molecule has 5 heteroatoms. The van der Waals surface area contributed by atoms with E-state index < -0.39 is 0 Å². The van der Waals surface area contributed by atoms with Gasteiger partial charge in [-0.2, -0.15) is 0 Å². The lowest BCUT2D eigenvalue weighted by atomic mass is 10.1. The normalized spacial score (nSPS) is 11.1. The topological polar surface area (TPSA) is 34.0 Å². The van der Waals surface area contributed by atoms with Crippen LogP contribution in [0.5, 0.6) is 0 Å². The largest absolute Gasteiger partial charge is 0.356 e. The smallest absolute Gasteiger partial charge is 0.150 e. The molecule has 0 saturated heterocycles. The first-order valence-electron chi connectivity index (χ1n) is 10.1. The zero-order valence-corrected chi connectivity index (χ0v) is 18.4. The number of halogens is 1. The van der Waals surface area contributed by atoms with Gasteiger partial charge in [0.25, 0.3) is 0 Å². The Morgan fingerprint density at radius 1 is 0.897 bits per heavy atom. The Morgan fingerprint density at radius 3 is 2.24 bits per heavy atom. The molecule has 2 aromatic carbocycles. The van der Waals surface area contributed by atoms with Crippen molar-refractivity contribution >= 4 is 32.8 Å². The van der Waals surface area contributed by atoms with Crippen LogP contribution < -0.4 is 4.90 Å². The summed E-state index contributed by atoms with van der Waals surface area (Å²) in [6.45, 7) is 6.40. The lowest BCUT2D eigenvalue weighted by Gasteiger charge is -2.23. The van der Waals surface area contributed by atoms with Crippen molar-refractivity contribution in [3.63, 3.8) is 0 Å². The zero-order chi connectivity index (χ0) is 20.2. The van der Waals surface area contributed by atoms with Gasteiger partial charge in [-0.15, -0.1) is 0 Å². The van der Waals surface area contributed by atoms with Crippen LogP contribution in [0.2, 0.25) is 0 Å². The first kappa shape index (κ1) is 19.6. The molecule has 0 bridgehead atoms. The average Bonchev–Trinajstić information content (AvgIpc) is 3.15. The number of hydrogen-bond acceptors (Lipinski definition) is 3. The van der Waals surface area contributed by atoms with Crippen LogP contribution >= 0.6 is 15.9 Å². The molecular formula is C24H25BrN4. The minimum atomic E-state index is 0.938. The van der Waals surface area contributed by atoms with Crippen molar-refractivity contribution in [1.82, 2.24) is 14.5 Å². The van der Waals surface area contributed by atoms with E-state index in [2.05, 4.69) is 100 Å². The molecule has 0 fully saturated rings. The van der Waals surface area contributed by atoms with E-state index >= 15 is 0 Å². The van der Waals surface area contributed by atoms with Gasteiger partial charge in [-0.3, -0.25) is 0 Å². The third-order valence-electron chi connectivity index (χ3n) is 5.04. The Balaban J connectivity index is 1.99. The summed E-state index contributed by atoms with van der Waals surface area (Å²) < 4.78 is 3.24. The second-order valence-corrected chi connectivity index (χ2v) is 8.05. The highest BCUT2D eigenvalue weighted by Gasteiger charge is 2.20. The number of nitrogens with zero attached hydrogens (tertiary/aromatic N) is 4. The SMILES string of the molecule is CCCN(CCC)c1ncnc2c1c(-c1ccccc1)cn2-c1ccc(Br)cc1. The fourth-order valence-corrected chi connectivity index (χ4v) is 4.05. The maximum atomic E-state index is 4.75. The number of fused-ring (bicyclic) bond motifs is 1. The molecule has 2 heterocycles. The van der Waals surface area contributed by atoms with Crippen LogP contribution in [0.1, 0.15) is 26.7 Å². The monoisotopic (exact) mass is 448 g/mol. The molecule has 0 unspecified atom stereocenters. The van der Waals surface area contributed by atoms with Crippen LogP contribution in [0, 0.1) is 0 Å². The standard InChI is InChI=1S/C24H25BrN4/c1-3-14-28(15-4-2)23-22-21(18-8-6-5-7-9-18)16-29(24(22)27-17-26-23)20-12-10-19(25)11-13-20/h5-13,16-17H,3-4,14-15H2,1-2H3. The van der Waals surface area contributed by atoms with Crippen LogP contribution in [0.3, 0.4) is 0 Å².